The SMILES string of the molecule is C[C@H]1COCCN1c1cc(C2(c3cnn(C(F)F)c3)CC2=S(=O)=O)nc(Cl)n1. The van der Waals surface area contributed by atoms with Gasteiger partial charge >= 0.3 is 6.55 Å². The molecule has 150 valence electrons. The van der Waals surface area contributed by atoms with Gasteiger partial charge in [0.15, 0.2) is 0 Å². The fourth-order valence-corrected chi connectivity index (χ4v) is 4.57. The van der Waals surface area contributed by atoms with Crippen LogP contribution in [0, 0.1) is 0 Å². The molecule has 12 heteroatoms. The molecule has 0 aromatic carbocycles. The maximum Gasteiger partial charge on any atom is 0.333 e. The molecule has 1 unspecified atom stereocenters. The molecule has 1 saturated carbocycles. The monoisotopic (exact) mass is 431 g/mol. The van der Waals surface area contributed by atoms with Gasteiger partial charge < -0.3 is 9.64 Å². The molecule has 0 spiro atoms. The molecule has 2 aromatic heterocycles. The van der Waals surface area contributed by atoms with E-state index in [-0.39, 0.29) is 22.6 Å². The van der Waals surface area contributed by atoms with Crippen molar-refractivity contribution >= 4 is 32.6 Å². The highest BCUT2D eigenvalue weighted by atomic mass is 35.5. The molecule has 1 saturated heterocycles. The van der Waals surface area contributed by atoms with E-state index in [1.807, 2.05) is 11.8 Å². The number of nitrogens with zero attached hydrogens (tertiary/aromatic N) is 5. The first kappa shape index (κ1) is 19.2. The van der Waals surface area contributed by atoms with E-state index in [4.69, 9.17) is 16.3 Å². The Labute approximate surface area is 165 Å². The number of alkyl halides is 2. The Morgan fingerprint density at radius 3 is 2.79 bits per heavy atom. The van der Waals surface area contributed by atoms with E-state index in [0.717, 1.165) is 6.20 Å². The number of halogens is 3. The zero-order chi connectivity index (χ0) is 20.1. The average Bonchev–Trinajstić information content (AvgIpc) is 3.22. The van der Waals surface area contributed by atoms with Crippen molar-refractivity contribution in [3.8, 4) is 0 Å². The average molecular weight is 432 g/mol. The number of aromatic nitrogens is 4. The maximum absolute atomic E-state index is 13.0. The zero-order valence-corrected chi connectivity index (χ0v) is 16.3. The molecule has 1 aliphatic carbocycles. The fraction of sp³-hybridized carbons (Fsp3) is 0.500. The van der Waals surface area contributed by atoms with Crippen molar-refractivity contribution in [1.29, 1.82) is 0 Å². The van der Waals surface area contributed by atoms with Crippen molar-refractivity contribution in [2.24, 2.45) is 0 Å². The van der Waals surface area contributed by atoms with Gasteiger partial charge in [-0.1, -0.05) is 0 Å². The molecule has 28 heavy (non-hydrogen) atoms. The van der Waals surface area contributed by atoms with Gasteiger partial charge in [0.1, 0.15) is 5.82 Å². The van der Waals surface area contributed by atoms with Gasteiger partial charge in [-0.25, -0.2) is 14.6 Å². The summed E-state index contributed by atoms with van der Waals surface area (Å²) in [6.07, 6.45) is 2.50. The topological polar surface area (TPSA) is 90.2 Å². The summed E-state index contributed by atoms with van der Waals surface area (Å²) in [5.74, 6) is 0.536. The van der Waals surface area contributed by atoms with Crippen LogP contribution in [0.25, 0.3) is 0 Å². The molecule has 4 rings (SSSR count). The van der Waals surface area contributed by atoms with Crippen LogP contribution >= 0.6 is 11.6 Å². The molecule has 0 amide bonds. The maximum atomic E-state index is 13.0. The number of hydrogen-bond acceptors (Lipinski definition) is 7. The third kappa shape index (κ3) is 3.16. The minimum Gasteiger partial charge on any atom is -0.377 e. The van der Waals surface area contributed by atoms with Crippen molar-refractivity contribution in [2.45, 2.75) is 31.4 Å². The summed E-state index contributed by atoms with van der Waals surface area (Å²) >= 11 is 6.14. The molecule has 8 nitrogen and oxygen atoms in total. The standard InChI is InChI=1S/C16H16ClF2N5O3S/c1-9-8-27-3-2-23(9)13-4-11(21-14(17)22-13)16(5-12(16)28(25)26)10-6-20-24(7-10)15(18)19/h4,6-7,9,15H,2-3,5,8H2,1H3/t9-,16?/m0/s1. The molecule has 2 aliphatic rings. The lowest BCUT2D eigenvalue weighted by Gasteiger charge is -2.34. The molecule has 0 bridgehead atoms. The van der Waals surface area contributed by atoms with Crippen LogP contribution in [0.3, 0.4) is 0 Å². The van der Waals surface area contributed by atoms with Gasteiger partial charge in [-0.3, -0.25) is 0 Å². The second-order valence-corrected chi connectivity index (χ2v) is 8.02. The minimum absolute atomic E-state index is 0.0430. The Morgan fingerprint density at radius 2 is 2.18 bits per heavy atom. The van der Waals surface area contributed by atoms with Crippen LogP contribution in [0.2, 0.25) is 5.28 Å². The van der Waals surface area contributed by atoms with Crippen molar-refractivity contribution in [3.05, 3.63) is 35.0 Å². The van der Waals surface area contributed by atoms with Crippen LogP contribution in [-0.4, -0.2) is 58.8 Å². The number of rotatable bonds is 4. The lowest BCUT2D eigenvalue weighted by Crippen LogP contribution is -2.44. The fourth-order valence-electron chi connectivity index (χ4n) is 3.55. The molecule has 2 fully saturated rings. The van der Waals surface area contributed by atoms with E-state index in [1.165, 1.54) is 6.20 Å². The summed E-state index contributed by atoms with van der Waals surface area (Å²) in [6.45, 7) is 0.776. The number of morpholine rings is 1. The van der Waals surface area contributed by atoms with E-state index in [9.17, 15) is 17.2 Å². The first-order valence-electron chi connectivity index (χ1n) is 8.50. The van der Waals surface area contributed by atoms with E-state index in [0.29, 0.717) is 41.5 Å². The second kappa shape index (κ2) is 7.05. The van der Waals surface area contributed by atoms with Gasteiger partial charge in [0.2, 0.25) is 15.6 Å². The summed E-state index contributed by atoms with van der Waals surface area (Å²) in [5.41, 5.74) is -0.492. The van der Waals surface area contributed by atoms with E-state index >= 15 is 0 Å². The van der Waals surface area contributed by atoms with Gasteiger partial charge in [-0.05, 0) is 18.5 Å². The van der Waals surface area contributed by atoms with Gasteiger partial charge in [-0.2, -0.15) is 22.3 Å². The van der Waals surface area contributed by atoms with E-state index in [2.05, 4.69) is 15.1 Å². The van der Waals surface area contributed by atoms with Gasteiger partial charge in [0.25, 0.3) is 0 Å². The Bertz CT molecular complexity index is 1050. The molecule has 3 heterocycles. The van der Waals surface area contributed by atoms with Gasteiger partial charge in [0.05, 0.1) is 41.4 Å². The molecule has 0 N–H and O–H groups in total. The Balaban J connectivity index is 1.83. The molecule has 0 radical (unpaired) electrons. The van der Waals surface area contributed by atoms with Crippen LogP contribution in [-0.2, 0) is 20.4 Å². The number of ether oxygens (including phenoxy) is 1. The zero-order valence-electron chi connectivity index (χ0n) is 14.7. The lowest BCUT2D eigenvalue weighted by molar-refractivity contribution is 0.0565. The molecular formula is C16H16ClF2N5O3S. The Kier molecular flexibility index (Phi) is 4.84. The van der Waals surface area contributed by atoms with Crippen LogP contribution in [0.4, 0.5) is 14.6 Å². The predicted octanol–water partition coefficient (Wildman–Crippen LogP) is 1.69. The first-order chi connectivity index (χ1) is 13.3. The minimum atomic E-state index is -2.83. The molecule has 2 aromatic rings. The van der Waals surface area contributed by atoms with Gasteiger partial charge in [-0.15, -0.1) is 0 Å². The third-order valence-electron chi connectivity index (χ3n) is 5.06. The van der Waals surface area contributed by atoms with Crippen molar-refractivity contribution < 1.29 is 21.9 Å². The third-order valence-corrected chi connectivity index (χ3v) is 6.12. The molecule has 2 atom stereocenters. The van der Waals surface area contributed by atoms with Gasteiger partial charge in [0, 0.05) is 30.8 Å². The van der Waals surface area contributed by atoms with Crippen LogP contribution < -0.4 is 4.90 Å². The van der Waals surface area contributed by atoms with Crippen LogP contribution in [0.1, 0.15) is 31.2 Å². The second-order valence-electron chi connectivity index (χ2n) is 6.72. The van der Waals surface area contributed by atoms with Crippen LogP contribution in [0.15, 0.2) is 18.5 Å². The predicted molar refractivity (Wildman–Crippen MR) is 97.5 cm³/mol. The number of hydrogen-bond donors (Lipinski definition) is 0. The van der Waals surface area contributed by atoms with Crippen molar-refractivity contribution in [3.63, 3.8) is 0 Å². The lowest BCUT2D eigenvalue weighted by atomic mass is 9.95. The summed E-state index contributed by atoms with van der Waals surface area (Å²) in [7, 11) is -2.50. The van der Waals surface area contributed by atoms with Crippen LogP contribution in [0.5, 0.6) is 0 Å². The quantitative estimate of drug-likeness (QED) is 0.537. The first-order valence-corrected chi connectivity index (χ1v) is 9.96. The van der Waals surface area contributed by atoms with Crippen molar-refractivity contribution in [1.82, 2.24) is 19.7 Å². The highest BCUT2D eigenvalue weighted by molar-refractivity contribution is 7.73. The highest BCUT2D eigenvalue weighted by Gasteiger charge is 2.57. The Morgan fingerprint density at radius 1 is 1.39 bits per heavy atom. The molecule has 1 aliphatic heterocycles. The summed E-state index contributed by atoms with van der Waals surface area (Å²) in [4.78, 5) is 10.6. The molecular weight excluding hydrogens is 416 g/mol. The van der Waals surface area contributed by atoms with E-state index in [1.54, 1.807) is 6.07 Å². The Hall–Kier alpha value is -2.11. The summed E-state index contributed by atoms with van der Waals surface area (Å²) in [6, 6.07) is 1.70. The summed E-state index contributed by atoms with van der Waals surface area (Å²) in [5, 5.41) is 3.59. The highest BCUT2D eigenvalue weighted by Crippen LogP contribution is 2.50. The van der Waals surface area contributed by atoms with E-state index < -0.39 is 22.3 Å². The number of anilines is 1. The van der Waals surface area contributed by atoms with Crippen molar-refractivity contribution in [2.75, 3.05) is 24.7 Å². The summed E-state index contributed by atoms with van der Waals surface area (Å²) < 4.78 is 55.2. The largest absolute Gasteiger partial charge is 0.377 e. The normalized spacial score (nSPS) is 24.7. The smallest absolute Gasteiger partial charge is 0.333 e.